The van der Waals surface area contributed by atoms with Gasteiger partial charge in [-0.2, -0.15) is 0 Å². The van der Waals surface area contributed by atoms with E-state index in [0.717, 1.165) is 44.9 Å². The molecular weight excluding hydrogens is 783 g/mol. The summed E-state index contributed by atoms with van der Waals surface area (Å²) in [4.78, 5) is 12.4. The summed E-state index contributed by atoms with van der Waals surface area (Å²) in [6.45, 7) is 4.29. The number of allylic oxidation sites excluding steroid dienone is 9. The average molecular weight is 895 g/mol. The lowest BCUT2D eigenvalue weighted by atomic mass is 10.0. The summed E-state index contributed by atoms with van der Waals surface area (Å²) in [5.74, 6) is -0.0818. The number of carbonyl (C=O) groups is 1. The van der Waals surface area contributed by atoms with E-state index in [9.17, 15) is 15.0 Å². The Balaban J connectivity index is 3.54. The van der Waals surface area contributed by atoms with Crippen LogP contribution in [0, 0.1) is 0 Å². The summed E-state index contributed by atoms with van der Waals surface area (Å²) >= 11 is 0. The minimum absolute atomic E-state index is 0.0818. The van der Waals surface area contributed by atoms with Gasteiger partial charge in [-0.15, -0.1) is 0 Å². The summed E-state index contributed by atoms with van der Waals surface area (Å²) in [5.41, 5.74) is 0. The Kier molecular flexibility index (Phi) is 53.8. The topological polar surface area (TPSA) is 69.6 Å². The van der Waals surface area contributed by atoms with Crippen LogP contribution in [0.3, 0.4) is 0 Å². The Labute approximate surface area is 400 Å². The summed E-state index contributed by atoms with van der Waals surface area (Å²) in [6.07, 6.45) is 78.2. The number of rotatable bonds is 52. The molecule has 0 saturated carbocycles. The van der Waals surface area contributed by atoms with Crippen molar-refractivity contribution in [3.63, 3.8) is 0 Å². The molecule has 0 aromatic rings. The van der Waals surface area contributed by atoms with Gasteiger partial charge in [0.15, 0.2) is 0 Å². The zero-order valence-electron chi connectivity index (χ0n) is 43.1. The van der Waals surface area contributed by atoms with E-state index in [-0.39, 0.29) is 12.5 Å². The van der Waals surface area contributed by atoms with Crippen LogP contribution in [0.2, 0.25) is 0 Å². The van der Waals surface area contributed by atoms with Gasteiger partial charge in [-0.1, -0.05) is 274 Å². The third-order valence-corrected chi connectivity index (χ3v) is 13.0. The monoisotopic (exact) mass is 894 g/mol. The first kappa shape index (κ1) is 62.1. The molecule has 0 aliphatic carbocycles. The summed E-state index contributed by atoms with van der Waals surface area (Å²) < 4.78 is 0. The molecule has 0 saturated heterocycles. The van der Waals surface area contributed by atoms with Gasteiger partial charge in [0.2, 0.25) is 5.91 Å². The van der Waals surface area contributed by atoms with Crippen LogP contribution in [-0.4, -0.2) is 34.9 Å². The molecule has 0 rings (SSSR count). The van der Waals surface area contributed by atoms with E-state index in [2.05, 4.69) is 67.8 Å². The van der Waals surface area contributed by atoms with Gasteiger partial charge < -0.3 is 15.5 Å². The molecule has 0 spiro atoms. The lowest BCUT2D eigenvalue weighted by molar-refractivity contribution is -0.123. The van der Waals surface area contributed by atoms with Crippen LogP contribution in [-0.2, 0) is 4.79 Å². The first-order valence-electron chi connectivity index (χ1n) is 28.5. The standard InChI is InChI=1S/C60H111NO3/c1-3-5-7-9-11-13-15-17-19-21-23-24-25-26-27-28-29-30-31-32-33-34-35-36-38-39-41-43-45-47-49-51-53-55-59(63)58(57-62)61-60(64)56-54-52-50-48-46-44-42-40-37-22-20-18-16-14-12-10-8-6-4-2/h12,14,18,20,38-39,45,47,53,55,58-59,62-63H,3-11,13,15-17,19,21-37,40-44,46,48-52,54,56-57H2,1-2H3,(H,61,64)/b14-12-,20-18-,39-38+,47-45+,55-53+. The van der Waals surface area contributed by atoms with Crippen LogP contribution < -0.4 is 5.32 Å². The molecule has 4 heteroatoms. The first-order valence-corrected chi connectivity index (χ1v) is 28.5. The Morgan fingerprint density at radius 3 is 1.03 bits per heavy atom. The molecule has 0 heterocycles. The van der Waals surface area contributed by atoms with Gasteiger partial charge in [-0.25, -0.2) is 0 Å². The van der Waals surface area contributed by atoms with Crippen LogP contribution in [0.25, 0.3) is 0 Å². The highest BCUT2D eigenvalue weighted by atomic mass is 16.3. The molecule has 0 aromatic heterocycles. The predicted molar refractivity (Wildman–Crippen MR) is 285 cm³/mol. The molecule has 2 atom stereocenters. The van der Waals surface area contributed by atoms with Crippen molar-refractivity contribution >= 4 is 5.91 Å². The van der Waals surface area contributed by atoms with Gasteiger partial charge in [0.25, 0.3) is 0 Å². The van der Waals surface area contributed by atoms with Crippen LogP contribution in [0.1, 0.15) is 296 Å². The SMILES string of the molecule is CCCCC/C=C\C/C=C\CCCCCCCCCCCC(=O)NC(CO)C(O)/C=C/CC/C=C/CC/C=C/CCCCCCCCCCCCCCCCCCCCCCCCC. The molecule has 374 valence electrons. The van der Waals surface area contributed by atoms with Crippen LogP contribution in [0.15, 0.2) is 60.8 Å². The van der Waals surface area contributed by atoms with E-state index >= 15 is 0 Å². The Hall–Kier alpha value is -1.91. The molecular formula is C60H111NO3. The van der Waals surface area contributed by atoms with Crippen molar-refractivity contribution in [2.45, 2.75) is 309 Å². The smallest absolute Gasteiger partial charge is 0.220 e. The molecule has 2 unspecified atom stereocenters. The molecule has 1 amide bonds. The summed E-state index contributed by atoms with van der Waals surface area (Å²) in [5, 5.41) is 23.1. The molecule has 0 fully saturated rings. The molecule has 0 aliphatic heterocycles. The highest BCUT2D eigenvalue weighted by molar-refractivity contribution is 5.76. The Morgan fingerprint density at radius 2 is 0.656 bits per heavy atom. The second-order valence-corrected chi connectivity index (χ2v) is 19.3. The number of carbonyl (C=O) groups excluding carboxylic acids is 1. The second kappa shape index (κ2) is 55.4. The normalized spacial score (nSPS) is 13.2. The van der Waals surface area contributed by atoms with E-state index in [4.69, 9.17) is 0 Å². The van der Waals surface area contributed by atoms with Crippen LogP contribution in [0.5, 0.6) is 0 Å². The number of aliphatic hydroxyl groups excluding tert-OH is 2. The third-order valence-electron chi connectivity index (χ3n) is 13.0. The van der Waals surface area contributed by atoms with Crippen molar-refractivity contribution in [2.75, 3.05) is 6.61 Å². The van der Waals surface area contributed by atoms with Gasteiger partial charge >= 0.3 is 0 Å². The largest absolute Gasteiger partial charge is 0.394 e. The van der Waals surface area contributed by atoms with Crippen molar-refractivity contribution in [1.82, 2.24) is 5.32 Å². The average Bonchev–Trinajstić information content (AvgIpc) is 3.30. The number of unbranched alkanes of at least 4 members (excludes halogenated alkanes) is 37. The van der Waals surface area contributed by atoms with E-state index in [1.54, 1.807) is 6.08 Å². The van der Waals surface area contributed by atoms with Crippen LogP contribution in [0.4, 0.5) is 0 Å². The van der Waals surface area contributed by atoms with Crippen LogP contribution >= 0.6 is 0 Å². The predicted octanol–water partition coefficient (Wildman–Crippen LogP) is 18.8. The zero-order chi connectivity index (χ0) is 46.3. The van der Waals surface area contributed by atoms with Crippen molar-refractivity contribution in [2.24, 2.45) is 0 Å². The quantitative estimate of drug-likeness (QED) is 0.0421. The Bertz CT molecular complexity index is 1060. The zero-order valence-corrected chi connectivity index (χ0v) is 43.1. The molecule has 0 bridgehead atoms. The minimum Gasteiger partial charge on any atom is -0.394 e. The van der Waals surface area contributed by atoms with E-state index in [1.165, 1.54) is 231 Å². The molecule has 0 radical (unpaired) electrons. The third kappa shape index (κ3) is 51.1. The van der Waals surface area contributed by atoms with Gasteiger partial charge in [0.1, 0.15) is 0 Å². The fourth-order valence-electron chi connectivity index (χ4n) is 8.60. The van der Waals surface area contributed by atoms with Gasteiger partial charge in [0.05, 0.1) is 18.8 Å². The second-order valence-electron chi connectivity index (χ2n) is 19.3. The van der Waals surface area contributed by atoms with Gasteiger partial charge in [-0.3, -0.25) is 4.79 Å². The van der Waals surface area contributed by atoms with Crippen molar-refractivity contribution in [1.29, 1.82) is 0 Å². The fourth-order valence-corrected chi connectivity index (χ4v) is 8.60. The highest BCUT2D eigenvalue weighted by Crippen LogP contribution is 2.17. The molecule has 3 N–H and O–H groups in total. The number of aliphatic hydroxyl groups is 2. The fraction of sp³-hybridized carbons (Fsp3) is 0.817. The minimum atomic E-state index is -0.875. The van der Waals surface area contributed by atoms with E-state index in [1.807, 2.05) is 6.08 Å². The molecule has 4 nitrogen and oxygen atoms in total. The lowest BCUT2D eigenvalue weighted by Crippen LogP contribution is -2.45. The summed E-state index contributed by atoms with van der Waals surface area (Å²) in [7, 11) is 0. The highest BCUT2D eigenvalue weighted by Gasteiger charge is 2.18. The maximum absolute atomic E-state index is 12.4. The number of hydrogen-bond donors (Lipinski definition) is 3. The Morgan fingerprint density at radius 1 is 0.375 bits per heavy atom. The van der Waals surface area contributed by atoms with Gasteiger partial charge in [0, 0.05) is 6.42 Å². The molecule has 64 heavy (non-hydrogen) atoms. The van der Waals surface area contributed by atoms with Crippen molar-refractivity contribution in [3.05, 3.63) is 60.8 Å². The maximum Gasteiger partial charge on any atom is 0.220 e. The molecule has 0 aromatic carbocycles. The first-order chi connectivity index (χ1) is 31.7. The number of nitrogens with one attached hydrogen (secondary N) is 1. The van der Waals surface area contributed by atoms with E-state index in [0.29, 0.717) is 6.42 Å². The van der Waals surface area contributed by atoms with Crippen molar-refractivity contribution in [3.8, 4) is 0 Å². The lowest BCUT2D eigenvalue weighted by Gasteiger charge is -2.19. The maximum atomic E-state index is 12.4. The number of hydrogen-bond acceptors (Lipinski definition) is 3. The molecule has 0 aliphatic rings. The van der Waals surface area contributed by atoms with E-state index < -0.39 is 12.1 Å². The summed E-state index contributed by atoms with van der Waals surface area (Å²) in [6, 6.07) is -0.651. The van der Waals surface area contributed by atoms with Crippen molar-refractivity contribution < 1.29 is 15.0 Å². The van der Waals surface area contributed by atoms with Gasteiger partial charge in [-0.05, 0) is 77.0 Å². The number of amides is 1.